The smallest absolute Gasteiger partial charge is 0.330 e. The van der Waals surface area contributed by atoms with Gasteiger partial charge >= 0.3 is 5.69 Å². The lowest BCUT2D eigenvalue weighted by Crippen LogP contribution is -2.44. The third kappa shape index (κ3) is 6.74. The van der Waals surface area contributed by atoms with E-state index in [2.05, 4.69) is 8.83 Å². The van der Waals surface area contributed by atoms with Crippen LogP contribution in [-0.4, -0.2) is 91.1 Å². The van der Waals surface area contributed by atoms with Gasteiger partial charge in [0.1, 0.15) is 42.4 Å². The van der Waals surface area contributed by atoms with Crippen LogP contribution in [0.4, 0.5) is 0 Å². The van der Waals surface area contributed by atoms with E-state index >= 15 is 0 Å². The second-order valence-electron chi connectivity index (χ2n) is 7.61. The molecule has 35 heavy (non-hydrogen) atoms. The highest BCUT2D eigenvalue weighted by atomic mass is 31.3. The van der Waals surface area contributed by atoms with E-state index < -0.39 is 94.7 Å². The highest BCUT2D eigenvalue weighted by molar-refractivity contribution is 7.62. The number of hydrogen-bond acceptors (Lipinski definition) is 15. The number of aliphatic hydroxyl groups excluding tert-OH is 5. The number of nitrogens with one attached hydrogen (secondary N) is 1. The number of ether oxygens (including phenoxy) is 2. The molecule has 3 rings (SSSR count). The van der Waals surface area contributed by atoms with E-state index in [0.29, 0.717) is 0 Å². The molecule has 0 aromatic carbocycles. The van der Waals surface area contributed by atoms with Crippen molar-refractivity contribution in [1.29, 1.82) is 0 Å². The van der Waals surface area contributed by atoms with Gasteiger partial charge in [-0.05, 0) is 6.08 Å². The SMILES string of the molecule is O=c1ccn([C@@H]2O[C@H](COP(=O)([O-])OP(=O)([O-])CC3=CC(O)C(O)C(CO)O3)C(O)C2O)c(=O)[nH]1. The van der Waals surface area contributed by atoms with Gasteiger partial charge in [0, 0.05) is 12.3 Å². The molecule has 0 bridgehead atoms. The molecule has 19 heteroatoms. The maximum absolute atomic E-state index is 12.2. The summed E-state index contributed by atoms with van der Waals surface area (Å²) in [6, 6.07) is 0.938. The summed E-state index contributed by atoms with van der Waals surface area (Å²) in [5.74, 6) is -0.493. The van der Waals surface area contributed by atoms with E-state index in [1.54, 1.807) is 0 Å². The summed E-state index contributed by atoms with van der Waals surface area (Å²) < 4.78 is 43.7. The zero-order valence-electron chi connectivity index (χ0n) is 17.6. The first kappa shape index (κ1) is 27.9. The number of H-pyrrole nitrogens is 1. The van der Waals surface area contributed by atoms with Gasteiger partial charge in [-0.25, -0.2) is 4.79 Å². The third-order valence-electron chi connectivity index (χ3n) is 5.00. The number of aromatic amines is 1. The van der Waals surface area contributed by atoms with Crippen LogP contribution in [0.15, 0.2) is 33.7 Å². The Morgan fingerprint density at radius 3 is 2.40 bits per heavy atom. The van der Waals surface area contributed by atoms with Crippen LogP contribution in [0.2, 0.25) is 0 Å². The lowest BCUT2D eigenvalue weighted by atomic mass is 10.1. The van der Waals surface area contributed by atoms with E-state index in [9.17, 15) is 48.9 Å². The van der Waals surface area contributed by atoms with Gasteiger partial charge in [-0.3, -0.25) is 23.2 Å². The van der Waals surface area contributed by atoms with Crippen molar-refractivity contribution in [3.63, 3.8) is 0 Å². The summed E-state index contributed by atoms with van der Waals surface area (Å²) in [5, 5.41) is 48.6. The van der Waals surface area contributed by atoms with Crippen molar-refractivity contribution in [3.05, 3.63) is 44.9 Å². The molecule has 6 N–H and O–H groups in total. The summed E-state index contributed by atoms with van der Waals surface area (Å²) >= 11 is 0. The fourth-order valence-electron chi connectivity index (χ4n) is 3.33. The fraction of sp³-hybridized carbons (Fsp3) is 0.625. The topological polar surface area (TPSA) is 273 Å². The molecule has 2 aliphatic heterocycles. The van der Waals surface area contributed by atoms with Crippen molar-refractivity contribution in [2.45, 2.75) is 42.9 Å². The molecule has 3 heterocycles. The first-order chi connectivity index (χ1) is 16.2. The second kappa shape index (κ2) is 10.7. The minimum absolute atomic E-state index is 0.493. The van der Waals surface area contributed by atoms with Crippen molar-refractivity contribution in [3.8, 4) is 0 Å². The van der Waals surface area contributed by atoms with Crippen molar-refractivity contribution in [2.75, 3.05) is 19.4 Å². The normalized spacial score (nSPS) is 34.5. The molecule has 9 atom stereocenters. The quantitative estimate of drug-likeness (QED) is 0.159. The van der Waals surface area contributed by atoms with Gasteiger partial charge in [-0.2, -0.15) is 0 Å². The van der Waals surface area contributed by atoms with Crippen LogP contribution >= 0.6 is 15.4 Å². The van der Waals surface area contributed by atoms with Gasteiger partial charge < -0.3 is 53.9 Å². The largest absolute Gasteiger partial charge is 0.778 e. The third-order valence-corrected chi connectivity index (χ3v) is 7.96. The van der Waals surface area contributed by atoms with E-state index in [-0.39, 0.29) is 0 Å². The molecule has 1 saturated heterocycles. The summed E-state index contributed by atoms with van der Waals surface area (Å²) in [6.45, 7) is -1.80. The zero-order valence-corrected chi connectivity index (χ0v) is 19.3. The Morgan fingerprint density at radius 1 is 1.09 bits per heavy atom. The monoisotopic (exact) mass is 544 g/mol. The highest BCUT2D eigenvalue weighted by Crippen LogP contribution is 2.56. The van der Waals surface area contributed by atoms with Gasteiger partial charge in [0.2, 0.25) is 0 Å². The number of rotatable bonds is 9. The van der Waals surface area contributed by atoms with Gasteiger partial charge in [0.15, 0.2) is 13.8 Å². The Labute approximate surface area is 195 Å². The average molecular weight is 544 g/mol. The first-order valence-corrected chi connectivity index (χ1v) is 13.1. The van der Waals surface area contributed by atoms with Crippen molar-refractivity contribution in [2.24, 2.45) is 0 Å². The Kier molecular flexibility index (Phi) is 8.53. The molecule has 0 saturated carbocycles. The molecule has 17 nitrogen and oxygen atoms in total. The maximum Gasteiger partial charge on any atom is 0.330 e. The average Bonchev–Trinajstić information content (AvgIpc) is 3.02. The maximum atomic E-state index is 12.2. The number of aliphatic hydroxyl groups is 5. The van der Waals surface area contributed by atoms with E-state index in [1.165, 1.54) is 0 Å². The number of phosphoric ester groups is 1. The molecule has 0 spiro atoms. The number of allylic oxidation sites excluding steroid dienone is 1. The molecule has 1 aromatic rings. The standard InChI is InChI=1S/C16H24N2O15P2/c19-4-9-12(22)8(20)3-7(31-9)6-34(26,27)33-35(28,29)30-5-10-13(23)14(24)15(32-10)18-2-1-11(21)17-16(18)25/h1-3,8-10,12-15,19-20,22-24H,4-6H2,(H,26,27)(H,28,29)(H,17,21,25)/p-2/t8?,9?,10-,12?,13?,14?,15-/m1/s1. The fourth-order valence-corrected chi connectivity index (χ4v) is 5.86. The zero-order chi connectivity index (χ0) is 26.1. The molecule has 0 radical (unpaired) electrons. The van der Waals surface area contributed by atoms with Gasteiger partial charge in [0.25, 0.3) is 13.4 Å². The molecule has 7 unspecified atom stereocenters. The van der Waals surface area contributed by atoms with E-state index in [4.69, 9.17) is 14.6 Å². The summed E-state index contributed by atoms with van der Waals surface area (Å²) in [6.07, 6.45) is -10.5. The molecule has 1 aromatic heterocycles. The van der Waals surface area contributed by atoms with Crippen LogP contribution in [0.5, 0.6) is 0 Å². The van der Waals surface area contributed by atoms with Gasteiger partial charge in [-0.1, -0.05) is 0 Å². The predicted molar refractivity (Wildman–Crippen MR) is 106 cm³/mol. The lowest BCUT2D eigenvalue weighted by Gasteiger charge is -2.35. The number of hydrogen-bond donors (Lipinski definition) is 6. The molecular formula is C16H22N2O15P2-2. The van der Waals surface area contributed by atoms with Crippen LogP contribution in [0.3, 0.4) is 0 Å². The van der Waals surface area contributed by atoms with Crippen molar-refractivity contribution in [1.82, 2.24) is 9.55 Å². The highest BCUT2D eigenvalue weighted by Gasteiger charge is 2.44. The van der Waals surface area contributed by atoms with Crippen LogP contribution in [0.25, 0.3) is 0 Å². The molecule has 198 valence electrons. The van der Waals surface area contributed by atoms with Crippen LogP contribution in [0, 0.1) is 0 Å². The summed E-state index contributed by atoms with van der Waals surface area (Å²) in [7, 11) is -10.9. The van der Waals surface area contributed by atoms with Crippen molar-refractivity contribution >= 4 is 15.4 Å². The molecule has 0 amide bonds. The first-order valence-electron chi connectivity index (χ1n) is 9.87. The number of nitrogens with zero attached hydrogens (tertiary/aromatic N) is 1. The molecule has 2 aliphatic rings. The Morgan fingerprint density at radius 2 is 1.77 bits per heavy atom. The molecular weight excluding hydrogens is 522 g/mol. The minimum Gasteiger partial charge on any atom is -0.778 e. The van der Waals surface area contributed by atoms with E-state index in [1.807, 2.05) is 4.98 Å². The molecule has 1 fully saturated rings. The lowest BCUT2D eigenvalue weighted by molar-refractivity contribution is -0.234. The van der Waals surface area contributed by atoms with Crippen molar-refractivity contribution < 1.29 is 62.8 Å². The summed E-state index contributed by atoms with van der Waals surface area (Å²) in [5.41, 5.74) is -1.72. The van der Waals surface area contributed by atoms with E-state index in [0.717, 1.165) is 22.9 Å². The Balaban J connectivity index is 1.61. The predicted octanol–water partition coefficient (Wildman–Crippen LogP) is -4.79. The summed E-state index contributed by atoms with van der Waals surface area (Å²) in [4.78, 5) is 49.1. The second-order valence-corrected chi connectivity index (χ2v) is 11.0. The van der Waals surface area contributed by atoms with Gasteiger partial charge in [0.05, 0.1) is 19.4 Å². The van der Waals surface area contributed by atoms with Crippen LogP contribution in [0.1, 0.15) is 6.23 Å². The van der Waals surface area contributed by atoms with Crippen LogP contribution in [-0.2, 0) is 27.4 Å². The minimum atomic E-state index is -5.60. The number of aromatic nitrogens is 2. The van der Waals surface area contributed by atoms with Crippen LogP contribution < -0.4 is 21.0 Å². The Hall–Kier alpha value is -1.72. The number of phosphoric acid groups is 1. The molecule has 0 aliphatic carbocycles. The van der Waals surface area contributed by atoms with Gasteiger partial charge in [-0.15, -0.1) is 0 Å². The Bertz CT molecular complexity index is 1150.